The summed E-state index contributed by atoms with van der Waals surface area (Å²) in [6, 6.07) is 7.50. The zero-order valence-electron chi connectivity index (χ0n) is 11.9. The first-order valence-electron chi connectivity index (χ1n) is 7.53. The van der Waals surface area contributed by atoms with Crippen LogP contribution in [0.1, 0.15) is 31.2 Å². The fraction of sp³-hybridized carbons (Fsp3) is 0.500. The Kier molecular flexibility index (Phi) is 3.82. The molecule has 1 saturated carbocycles. The first kappa shape index (κ1) is 13.9. The maximum Gasteiger partial charge on any atom is 0.322 e. The number of fused-ring (bicyclic) bond motifs is 1. The lowest BCUT2D eigenvalue weighted by atomic mass is 10.0. The average molecular weight is 288 g/mol. The van der Waals surface area contributed by atoms with Gasteiger partial charge in [-0.25, -0.2) is 4.79 Å². The molecule has 112 valence electrons. The summed E-state index contributed by atoms with van der Waals surface area (Å²) in [7, 11) is 0. The van der Waals surface area contributed by atoms with Gasteiger partial charge in [-0.3, -0.25) is 9.69 Å². The predicted octanol–water partition coefficient (Wildman–Crippen LogP) is 2.40. The van der Waals surface area contributed by atoms with Crippen molar-refractivity contribution < 1.29 is 14.7 Å². The van der Waals surface area contributed by atoms with Crippen molar-refractivity contribution in [2.75, 3.05) is 11.4 Å². The molecule has 0 aromatic heterocycles. The molecule has 5 nitrogen and oxygen atoms in total. The van der Waals surface area contributed by atoms with Crippen LogP contribution in [0.2, 0.25) is 0 Å². The molecule has 1 unspecified atom stereocenters. The molecule has 0 radical (unpaired) electrons. The molecule has 2 amide bonds. The lowest BCUT2D eigenvalue weighted by molar-refractivity contribution is -0.137. The number of carboxylic acid groups (broad SMARTS) is 1. The molecule has 2 N–H and O–H groups in total. The van der Waals surface area contributed by atoms with Crippen LogP contribution in [0.5, 0.6) is 0 Å². The molecule has 21 heavy (non-hydrogen) atoms. The summed E-state index contributed by atoms with van der Waals surface area (Å²) in [5, 5.41) is 11.9. The highest BCUT2D eigenvalue weighted by Crippen LogP contribution is 2.34. The summed E-state index contributed by atoms with van der Waals surface area (Å²) in [5.74, 6) is -0.531. The van der Waals surface area contributed by atoms with Crippen molar-refractivity contribution >= 4 is 17.7 Å². The Balaban J connectivity index is 1.72. The number of urea groups is 1. The van der Waals surface area contributed by atoms with E-state index in [2.05, 4.69) is 5.32 Å². The lowest BCUT2D eigenvalue weighted by Gasteiger charge is -2.31. The van der Waals surface area contributed by atoms with Gasteiger partial charge < -0.3 is 10.4 Å². The second-order valence-electron chi connectivity index (χ2n) is 5.88. The summed E-state index contributed by atoms with van der Waals surface area (Å²) in [5.41, 5.74) is 2.13. The number of carbonyl (C=O) groups excluding carboxylic acids is 1. The smallest absolute Gasteiger partial charge is 0.322 e. The molecule has 1 aromatic carbocycles. The zero-order chi connectivity index (χ0) is 14.8. The minimum Gasteiger partial charge on any atom is -0.481 e. The SMILES string of the molecule is O=C(O)CC(NC(=O)N1CCCc2ccccc21)C1CC1. The van der Waals surface area contributed by atoms with Gasteiger partial charge in [0, 0.05) is 18.3 Å². The largest absolute Gasteiger partial charge is 0.481 e. The van der Waals surface area contributed by atoms with E-state index in [-0.39, 0.29) is 18.5 Å². The number of nitrogens with one attached hydrogen (secondary N) is 1. The number of aryl methyl sites for hydroxylation is 1. The number of hydrogen-bond acceptors (Lipinski definition) is 2. The van der Waals surface area contributed by atoms with E-state index in [4.69, 9.17) is 5.11 Å². The third kappa shape index (κ3) is 3.17. The second kappa shape index (κ2) is 5.76. The van der Waals surface area contributed by atoms with E-state index in [1.165, 1.54) is 5.56 Å². The van der Waals surface area contributed by atoms with Crippen molar-refractivity contribution in [2.24, 2.45) is 5.92 Å². The maximum absolute atomic E-state index is 12.5. The van der Waals surface area contributed by atoms with E-state index >= 15 is 0 Å². The van der Waals surface area contributed by atoms with E-state index < -0.39 is 5.97 Å². The van der Waals surface area contributed by atoms with Crippen molar-refractivity contribution in [1.82, 2.24) is 5.32 Å². The summed E-state index contributed by atoms with van der Waals surface area (Å²) in [6.07, 6.45) is 3.95. The highest BCUT2D eigenvalue weighted by Gasteiger charge is 2.35. The normalized spacial score (nSPS) is 18.8. The standard InChI is InChI=1S/C16H20N2O3/c19-15(20)10-13(11-7-8-11)17-16(21)18-9-3-5-12-4-1-2-6-14(12)18/h1-2,4,6,11,13H,3,5,7-10H2,(H,17,21)(H,19,20). The Labute approximate surface area is 123 Å². The Morgan fingerprint density at radius 3 is 2.81 bits per heavy atom. The molecule has 3 rings (SSSR count). The highest BCUT2D eigenvalue weighted by molar-refractivity contribution is 5.93. The van der Waals surface area contributed by atoms with E-state index in [9.17, 15) is 9.59 Å². The fourth-order valence-electron chi connectivity index (χ4n) is 3.00. The van der Waals surface area contributed by atoms with Gasteiger partial charge in [-0.2, -0.15) is 0 Å². The van der Waals surface area contributed by atoms with Crippen LogP contribution < -0.4 is 10.2 Å². The molecule has 0 spiro atoms. The molecular weight excluding hydrogens is 268 g/mol. The van der Waals surface area contributed by atoms with Crippen molar-refractivity contribution in [3.8, 4) is 0 Å². The van der Waals surface area contributed by atoms with Crippen LogP contribution in [0.4, 0.5) is 10.5 Å². The molecule has 0 saturated heterocycles. The number of carbonyl (C=O) groups is 2. The van der Waals surface area contributed by atoms with Crippen LogP contribution >= 0.6 is 0 Å². The number of benzene rings is 1. The molecule has 1 aliphatic heterocycles. The molecule has 1 heterocycles. The minimum atomic E-state index is -0.855. The Hall–Kier alpha value is -2.04. The number of rotatable bonds is 4. The number of hydrogen-bond donors (Lipinski definition) is 2. The summed E-state index contributed by atoms with van der Waals surface area (Å²) < 4.78 is 0. The van der Waals surface area contributed by atoms with Crippen LogP contribution in [0.15, 0.2) is 24.3 Å². The van der Waals surface area contributed by atoms with Gasteiger partial charge in [0.1, 0.15) is 0 Å². The highest BCUT2D eigenvalue weighted by atomic mass is 16.4. The van der Waals surface area contributed by atoms with E-state index in [0.717, 1.165) is 31.4 Å². The van der Waals surface area contributed by atoms with Gasteiger partial charge in [0.2, 0.25) is 0 Å². The molecule has 2 aliphatic rings. The number of carboxylic acids is 1. The maximum atomic E-state index is 12.5. The Morgan fingerprint density at radius 1 is 1.33 bits per heavy atom. The van der Waals surface area contributed by atoms with Crippen LogP contribution in [0, 0.1) is 5.92 Å². The van der Waals surface area contributed by atoms with Crippen molar-refractivity contribution in [3.63, 3.8) is 0 Å². The molecule has 1 atom stereocenters. The summed E-state index contributed by atoms with van der Waals surface area (Å²) in [6.45, 7) is 0.688. The molecule has 5 heteroatoms. The molecule has 0 bridgehead atoms. The minimum absolute atomic E-state index is 0.00585. The lowest BCUT2D eigenvalue weighted by Crippen LogP contribution is -2.48. The molecule has 1 aliphatic carbocycles. The van der Waals surface area contributed by atoms with Crippen LogP contribution in [0.25, 0.3) is 0 Å². The van der Waals surface area contributed by atoms with Crippen LogP contribution in [-0.4, -0.2) is 29.7 Å². The van der Waals surface area contributed by atoms with E-state index in [0.29, 0.717) is 12.5 Å². The van der Waals surface area contributed by atoms with Crippen molar-refractivity contribution in [1.29, 1.82) is 0 Å². The monoisotopic (exact) mass is 288 g/mol. The van der Waals surface area contributed by atoms with Gasteiger partial charge in [-0.05, 0) is 43.2 Å². The molecule has 1 fully saturated rings. The molecule has 1 aromatic rings. The quantitative estimate of drug-likeness (QED) is 0.894. The van der Waals surface area contributed by atoms with Crippen LogP contribution in [0.3, 0.4) is 0 Å². The summed E-state index contributed by atoms with van der Waals surface area (Å²) in [4.78, 5) is 25.2. The summed E-state index contributed by atoms with van der Waals surface area (Å²) >= 11 is 0. The van der Waals surface area contributed by atoms with Gasteiger partial charge in [0.05, 0.1) is 6.42 Å². The third-order valence-electron chi connectivity index (χ3n) is 4.25. The van der Waals surface area contributed by atoms with Gasteiger partial charge in [0.15, 0.2) is 0 Å². The van der Waals surface area contributed by atoms with Gasteiger partial charge in [-0.15, -0.1) is 0 Å². The van der Waals surface area contributed by atoms with Crippen molar-refractivity contribution in [2.45, 2.75) is 38.1 Å². The average Bonchev–Trinajstić information content (AvgIpc) is 3.30. The Morgan fingerprint density at radius 2 is 2.10 bits per heavy atom. The number of para-hydroxylation sites is 1. The van der Waals surface area contributed by atoms with E-state index in [1.54, 1.807) is 4.90 Å². The first-order chi connectivity index (χ1) is 10.1. The van der Waals surface area contributed by atoms with Gasteiger partial charge >= 0.3 is 12.0 Å². The molecular formula is C16H20N2O3. The van der Waals surface area contributed by atoms with Crippen LogP contribution in [-0.2, 0) is 11.2 Å². The number of anilines is 1. The first-order valence-corrected chi connectivity index (χ1v) is 7.53. The van der Waals surface area contributed by atoms with E-state index in [1.807, 2.05) is 24.3 Å². The zero-order valence-corrected chi connectivity index (χ0v) is 11.9. The Bertz CT molecular complexity index is 554. The van der Waals surface area contributed by atoms with Gasteiger partial charge in [-0.1, -0.05) is 18.2 Å². The number of aliphatic carboxylic acids is 1. The number of nitrogens with zero attached hydrogens (tertiary/aromatic N) is 1. The topological polar surface area (TPSA) is 69.6 Å². The van der Waals surface area contributed by atoms with Gasteiger partial charge in [0.25, 0.3) is 0 Å². The van der Waals surface area contributed by atoms with Crippen molar-refractivity contribution in [3.05, 3.63) is 29.8 Å². The fourth-order valence-corrected chi connectivity index (χ4v) is 3.00. The third-order valence-corrected chi connectivity index (χ3v) is 4.25. The second-order valence-corrected chi connectivity index (χ2v) is 5.88. The predicted molar refractivity (Wildman–Crippen MR) is 79.4 cm³/mol. The number of amides is 2.